The van der Waals surface area contributed by atoms with Crippen molar-refractivity contribution in [2.45, 2.75) is 25.5 Å². The van der Waals surface area contributed by atoms with Crippen molar-refractivity contribution in [2.75, 3.05) is 20.4 Å². The maximum atomic E-state index is 5.88. The molecule has 1 unspecified atom stereocenters. The van der Waals surface area contributed by atoms with Crippen LogP contribution in [-0.2, 0) is 11.2 Å². The molecule has 3 rings (SSSR count). The van der Waals surface area contributed by atoms with Gasteiger partial charge in [0.25, 0.3) is 0 Å². The summed E-state index contributed by atoms with van der Waals surface area (Å²) in [7, 11) is 1.95. The van der Waals surface area contributed by atoms with Crippen LogP contribution in [0.3, 0.4) is 0 Å². The topological polar surface area (TPSA) is 39.7 Å². The Hall–Kier alpha value is -1.26. The van der Waals surface area contributed by atoms with Crippen molar-refractivity contribution in [3.05, 3.63) is 23.3 Å². The van der Waals surface area contributed by atoms with E-state index in [9.17, 15) is 0 Å². The molecule has 0 fully saturated rings. The molecule has 1 aromatic rings. The minimum Gasteiger partial charge on any atom is -0.454 e. The molecule has 0 amide bonds. The van der Waals surface area contributed by atoms with Gasteiger partial charge in [-0.05, 0) is 32.0 Å². The Morgan fingerprint density at radius 2 is 2.24 bits per heavy atom. The van der Waals surface area contributed by atoms with Crippen molar-refractivity contribution in [3.8, 4) is 11.5 Å². The monoisotopic (exact) mass is 235 g/mol. The second-order valence-electron chi connectivity index (χ2n) is 4.49. The van der Waals surface area contributed by atoms with Crippen LogP contribution >= 0.6 is 0 Å². The van der Waals surface area contributed by atoms with Crippen molar-refractivity contribution in [1.82, 2.24) is 5.32 Å². The quantitative estimate of drug-likeness (QED) is 0.846. The standard InChI is InChI=1S/C13H17NO3/c1-8(14-2)12-11-9(5-6-15-12)3-4-10-13(11)17-7-16-10/h3-4,8,12,14H,5-7H2,1-2H3/t8?,12-/m0/s1. The molecule has 2 heterocycles. The van der Waals surface area contributed by atoms with Gasteiger partial charge in [-0.2, -0.15) is 0 Å². The fourth-order valence-corrected chi connectivity index (χ4v) is 2.49. The highest BCUT2D eigenvalue weighted by atomic mass is 16.7. The minimum absolute atomic E-state index is 0.0420. The molecule has 0 saturated heterocycles. The second kappa shape index (κ2) is 4.20. The predicted octanol–water partition coefficient (Wildman–Crippen LogP) is 1.64. The van der Waals surface area contributed by atoms with E-state index in [1.807, 2.05) is 13.1 Å². The predicted molar refractivity (Wildman–Crippen MR) is 63.5 cm³/mol. The first kappa shape index (κ1) is 10.9. The third-order valence-corrected chi connectivity index (χ3v) is 3.53. The van der Waals surface area contributed by atoms with Gasteiger partial charge in [-0.25, -0.2) is 0 Å². The lowest BCUT2D eigenvalue weighted by atomic mass is 9.92. The van der Waals surface area contributed by atoms with Gasteiger partial charge in [0.2, 0.25) is 6.79 Å². The van der Waals surface area contributed by atoms with Crippen LogP contribution in [0.2, 0.25) is 0 Å². The third kappa shape index (κ3) is 1.68. The van der Waals surface area contributed by atoms with Crippen molar-refractivity contribution in [3.63, 3.8) is 0 Å². The molecule has 4 heteroatoms. The van der Waals surface area contributed by atoms with E-state index >= 15 is 0 Å². The van der Waals surface area contributed by atoms with Gasteiger partial charge in [-0.15, -0.1) is 0 Å². The van der Waals surface area contributed by atoms with Crippen LogP contribution in [0.4, 0.5) is 0 Å². The Kier molecular flexibility index (Phi) is 2.68. The molecule has 0 saturated carbocycles. The summed E-state index contributed by atoms with van der Waals surface area (Å²) in [6, 6.07) is 4.37. The highest BCUT2D eigenvalue weighted by Gasteiger charge is 2.32. The summed E-state index contributed by atoms with van der Waals surface area (Å²) in [5.74, 6) is 1.71. The van der Waals surface area contributed by atoms with Crippen LogP contribution in [0.1, 0.15) is 24.2 Å². The van der Waals surface area contributed by atoms with Gasteiger partial charge in [0.05, 0.1) is 6.61 Å². The molecule has 0 bridgehead atoms. The number of rotatable bonds is 2. The van der Waals surface area contributed by atoms with Crippen LogP contribution in [0.15, 0.2) is 12.1 Å². The average molecular weight is 235 g/mol. The summed E-state index contributed by atoms with van der Waals surface area (Å²) in [6.45, 7) is 3.20. The first-order valence-corrected chi connectivity index (χ1v) is 6.01. The summed E-state index contributed by atoms with van der Waals surface area (Å²) < 4.78 is 16.9. The van der Waals surface area contributed by atoms with Crippen LogP contribution in [0.5, 0.6) is 11.5 Å². The number of benzene rings is 1. The van der Waals surface area contributed by atoms with Crippen molar-refractivity contribution in [1.29, 1.82) is 0 Å². The lowest BCUT2D eigenvalue weighted by Gasteiger charge is -2.31. The maximum Gasteiger partial charge on any atom is 0.231 e. The molecular weight excluding hydrogens is 218 g/mol. The third-order valence-electron chi connectivity index (χ3n) is 3.53. The summed E-state index contributed by atoms with van der Waals surface area (Å²) >= 11 is 0. The molecule has 0 aromatic heterocycles. The average Bonchev–Trinajstić information content (AvgIpc) is 2.85. The molecule has 0 aliphatic carbocycles. The molecule has 17 heavy (non-hydrogen) atoms. The Bertz CT molecular complexity index is 433. The molecule has 0 spiro atoms. The van der Waals surface area contributed by atoms with E-state index in [0.717, 1.165) is 30.1 Å². The van der Waals surface area contributed by atoms with Gasteiger partial charge in [-0.1, -0.05) is 6.07 Å². The second-order valence-corrected chi connectivity index (χ2v) is 4.49. The van der Waals surface area contributed by atoms with E-state index in [0.29, 0.717) is 6.79 Å². The van der Waals surface area contributed by atoms with Crippen LogP contribution in [0, 0.1) is 0 Å². The van der Waals surface area contributed by atoms with E-state index in [-0.39, 0.29) is 12.1 Å². The number of likely N-dealkylation sites (N-methyl/N-ethyl adjacent to an activating group) is 1. The highest BCUT2D eigenvalue weighted by molar-refractivity contribution is 5.54. The summed E-state index contributed by atoms with van der Waals surface area (Å²) in [6.07, 6.45) is 0.985. The van der Waals surface area contributed by atoms with Crippen LogP contribution in [0.25, 0.3) is 0 Å². The first-order chi connectivity index (χ1) is 8.31. The fourth-order valence-electron chi connectivity index (χ4n) is 2.49. The number of hydrogen-bond donors (Lipinski definition) is 1. The Labute approximate surface area is 101 Å². The van der Waals surface area contributed by atoms with Gasteiger partial charge < -0.3 is 19.5 Å². The van der Waals surface area contributed by atoms with Gasteiger partial charge in [-0.3, -0.25) is 0 Å². The van der Waals surface area contributed by atoms with E-state index in [1.54, 1.807) is 0 Å². The zero-order valence-corrected chi connectivity index (χ0v) is 10.2. The molecule has 1 aromatic carbocycles. The van der Waals surface area contributed by atoms with Gasteiger partial charge in [0, 0.05) is 11.6 Å². The molecule has 1 N–H and O–H groups in total. The lowest BCUT2D eigenvalue weighted by Crippen LogP contribution is -2.34. The van der Waals surface area contributed by atoms with E-state index in [2.05, 4.69) is 18.3 Å². The Balaban J connectivity index is 2.08. The molecule has 4 nitrogen and oxygen atoms in total. The lowest BCUT2D eigenvalue weighted by molar-refractivity contribution is 0.0194. The Morgan fingerprint density at radius 1 is 1.35 bits per heavy atom. The number of hydrogen-bond acceptors (Lipinski definition) is 4. The zero-order chi connectivity index (χ0) is 11.8. The van der Waals surface area contributed by atoms with Gasteiger partial charge in [0.1, 0.15) is 6.10 Å². The van der Waals surface area contributed by atoms with Crippen molar-refractivity contribution < 1.29 is 14.2 Å². The molecule has 92 valence electrons. The molecule has 2 atom stereocenters. The molecule has 0 radical (unpaired) electrons. The summed E-state index contributed by atoms with van der Waals surface area (Å²) in [4.78, 5) is 0. The van der Waals surface area contributed by atoms with Crippen LogP contribution < -0.4 is 14.8 Å². The van der Waals surface area contributed by atoms with E-state index in [1.165, 1.54) is 5.56 Å². The zero-order valence-electron chi connectivity index (χ0n) is 10.2. The fraction of sp³-hybridized carbons (Fsp3) is 0.538. The van der Waals surface area contributed by atoms with Crippen molar-refractivity contribution >= 4 is 0 Å². The Morgan fingerprint density at radius 3 is 3.06 bits per heavy atom. The van der Waals surface area contributed by atoms with Crippen LogP contribution in [-0.4, -0.2) is 26.5 Å². The van der Waals surface area contributed by atoms with E-state index < -0.39 is 0 Å². The summed E-state index contributed by atoms with van der Waals surface area (Å²) in [5, 5.41) is 3.25. The molecule has 2 aliphatic rings. The minimum atomic E-state index is 0.0420. The number of ether oxygens (including phenoxy) is 3. The first-order valence-electron chi connectivity index (χ1n) is 6.01. The molecular formula is C13H17NO3. The van der Waals surface area contributed by atoms with Gasteiger partial charge >= 0.3 is 0 Å². The van der Waals surface area contributed by atoms with Crippen molar-refractivity contribution in [2.24, 2.45) is 0 Å². The largest absolute Gasteiger partial charge is 0.454 e. The molecule has 2 aliphatic heterocycles. The smallest absolute Gasteiger partial charge is 0.231 e. The highest BCUT2D eigenvalue weighted by Crippen LogP contribution is 2.44. The van der Waals surface area contributed by atoms with Gasteiger partial charge in [0.15, 0.2) is 11.5 Å². The number of nitrogens with one attached hydrogen (secondary N) is 1. The number of fused-ring (bicyclic) bond motifs is 3. The SMILES string of the molecule is CNC(C)[C@@H]1OCCc2ccc3c(c21)OCO3. The summed E-state index contributed by atoms with van der Waals surface area (Å²) in [5.41, 5.74) is 2.47. The van der Waals surface area contributed by atoms with E-state index in [4.69, 9.17) is 14.2 Å². The normalized spacial score (nSPS) is 23.3. The maximum absolute atomic E-state index is 5.88.